The average Bonchev–Trinajstić information content (AvgIpc) is 3.67. The quantitative estimate of drug-likeness (QED) is 0.173. The summed E-state index contributed by atoms with van der Waals surface area (Å²) < 4.78 is 80.9. The second-order valence-electron chi connectivity index (χ2n) is 13.0. The fraction of sp³-hybridized carbons (Fsp3) is 0. The lowest BCUT2D eigenvalue weighted by Crippen LogP contribution is -1.93. The smallest absolute Gasteiger partial charge is 0.136 e. The van der Waals surface area contributed by atoms with Crippen LogP contribution in [-0.4, -0.2) is 0 Å². The minimum atomic E-state index is -0.440. The number of fused-ring (bicyclic) bond motifs is 9. The SMILES string of the molecule is [2H]c1c([2H])c([2H])c2c(-c3cc4ccccc4cc3-c3cccc4oc5ccc6ccccc6c5c34)c3c([2H])c([2H])c([2H])c([2H])c3c(-c3ccc4ccccc4c3)c2c1[2H]. The first-order valence-electron chi connectivity index (χ1n) is 20.9. The van der Waals surface area contributed by atoms with E-state index in [4.69, 9.17) is 9.90 Å². The largest absolute Gasteiger partial charge is 0.456 e. The van der Waals surface area contributed by atoms with Crippen LogP contribution < -0.4 is 0 Å². The van der Waals surface area contributed by atoms with E-state index in [9.17, 15) is 5.48 Å². The van der Waals surface area contributed by atoms with Crippen LogP contribution in [0.25, 0.3) is 109 Å². The molecule has 51 heavy (non-hydrogen) atoms. The summed E-state index contributed by atoms with van der Waals surface area (Å²) in [6.07, 6.45) is 0. The zero-order valence-electron chi connectivity index (χ0n) is 35.1. The monoisotopic (exact) mass is 654 g/mol. The summed E-state index contributed by atoms with van der Waals surface area (Å²) in [6, 6.07) is 40.5. The number of furan rings is 1. The van der Waals surface area contributed by atoms with Crippen LogP contribution in [0.3, 0.4) is 0 Å². The van der Waals surface area contributed by atoms with Gasteiger partial charge in [-0.3, -0.25) is 0 Å². The van der Waals surface area contributed by atoms with Gasteiger partial charge in [0.15, 0.2) is 0 Å². The first kappa shape index (κ1) is 21.4. The lowest BCUT2D eigenvalue weighted by atomic mass is 9.82. The van der Waals surface area contributed by atoms with E-state index in [0.717, 1.165) is 48.7 Å². The Morgan fingerprint density at radius 2 is 0.902 bits per heavy atom. The Labute approximate surface area is 305 Å². The average molecular weight is 655 g/mol. The molecular formula is C50H30O. The maximum atomic E-state index is 9.65. The Morgan fingerprint density at radius 3 is 1.61 bits per heavy atom. The Kier molecular flexibility index (Phi) is 4.57. The summed E-state index contributed by atoms with van der Waals surface area (Å²) in [5.74, 6) is 0. The molecule has 0 fully saturated rings. The molecule has 1 aromatic heterocycles. The molecule has 0 N–H and O–H groups in total. The Bertz CT molecular complexity index is 3580. The second kappa shape index (κ2) is 10.9. The van der Waals surface area contributed by atoms with Crippen molar-refractivity contribution < 1.29 is 15.4 Å². The van der Waals surface area contributed by atoms with Crippen LogP contribution in [0.1, 0.15) is 11.0 Å². The Morgan fingerprint density at radius 1 is 0.353 bits per heavy atom. The molecule has 11 aromatic rings. The zero-order chi connectivity index (χ0) is 40.4. The van der Waals surface area contributed by atoms with Gasteiger partial charge in [-0.25, -0.2) is 0 Å². The third-order valence-electron chi connectivity index (χ3n) is 10.2. The maximum absolute atomic E-state index is 9.65. The van der Waals surface area contributed by atoms with Gasteiger partial charge in [0.2, 0.25) is 0 Å². The van der Waals surface area contributed by atoms with Gasteiger partial charge in [-0.15, -0.1) is 0 Å². The first-order chi connectivity index (χ1) is 28.6. The molecule has 10 aromatic carbocycles. The van der Waals surface area contributed by atoms with Crippen molar-refractivity contribution in [1.82, 2.24) is 0 Å². The van der Waals surface area contributed by atoms with Crippen molar-refractivity contribution in [3.05, 3.63) is 182 Å². The van der Waals surface area contributed by atoms with E-state index in [1.165, 1.54) is 0 Å². The van der Waals surface area contributed by atoms with E-state index < -0.39 is 24.2 Å². The molecule has 1 heteroatoms. The molecule has 236 valence electrons. The van der Waals surface area contributed by atoms with Crippen molar-refractivity contribution in [1.29, 1.82) is 0 Å². The molecule has 0 aliphatic carbocycles. The fourth-order valence-corrected chi connectivity index (χ4v) is 8.01. The van der Waals surface area contributed by atoms with Gasteiger partial charge in [-0.1, -0.05) is 151 Å². The number of hydrogen-bond acceptors (Lipinski definition) is 1. The van der Waals surface area contributed by atoms with E-state index in [0.29, 0.717) is 39.0 Å². The van der Waals surface area contributed by atoms with Crippen LogP contribution in [0.5, 0.6) is 0 Å². The molecule has 0 radical (unpaired) electrons. The first-order valence-corrected chi connectivity index (χ1v) is 16.9. The predicted molar refractivity (Wildman–Crippen MR) is 218 cm³/mol. The minimum absolute atomic E-state index is 0.169. The van der Waals surface area contributed by atoms with Gasteiger partial charge in [0.25, 0.3) is 0 Å². The lowest BCUT2D eigenvalue weighted by molar-refractivity contribution is 0.669. The summed E-state index contributed by atoms with van der Waals surface area (Å²) in [4.78, 5) is 0. The number of hydrogen-bond donors (Lipinski definition) is 0. The Balaban J connectivity index is 1.40. The Hall–Kier alpha value is -6.70. The summed E-state index contributed by atoms with van der Waals surface area (Å²) in [6.45, 7) is 0. The summed E-state index contributed by atoms with van der Waals surface area (Å²) >= 11 is 0. The molecule has 0 amide bonds. The molecular weight excluding hydrogens is 617 g/mol. The van der Waals surface area contributed by atoms with Gasteiger partial charge in [0.1, 0.15) is 11.2 Å². The molecule has 0 aliphatic rings. The van der Waals surface area contributed by atoms with E-state index >= 15 is 0 Å². The van der Waals surface area contributed by atoms with Crippen LogP contribution in [0.15, 0.2) is 186 Å². The molecule has 0 saturated heterocycles. The highest BCUT2D eigenvalue weighted by molar-refractivity contribution is 6.26. The highest BCUT2D eigenvalue weighted by Gasteiger charge is 2.22. The van der Waals surface area contributed by atoms with E-state index in [-0.39, 0.29) is 45.7 Å². The van der Waals surface area contributed by atoms with Crippen molar-refractivity contribution in [2.75, 3.05) is 0 Å². The van der Waals surface area contributed by atoms with Crippen molar-refractivity contribution in [2.45, 2.75) is 0 Å². The summed E-state index contributed by atoms with van der Waals surface area (Å²) in [7, 11) is 0. The maximum Gasteiger partial charge on any atom is 0.136 e. The molecule has 0 bridgehead atoms. The molecule has 0 atom stereocenters. The molecule has 1 heterocycles. The van der Waals surface area contributed by atoms with Crippen LogP contribution in [0.4, 0.5) is 0 Å². The normalized spacial score (nSPS) is 14.1. The van der Waals surface area contributed by atoms with Crippen molar-refractivity contribution in [3.63, 3.8) is 0 Å². The fourth-order valence-electron chi connectivity index (χ4n) is 8.01. The van der Waals surface area contributed by atoms with Gasteiger partial charge >= 0.3 is 0 Å². The topological polar surface area (TPSA) is 13.1 Å². The van der Waals surface area contributed by atoms with Gasteiger partial charge in [-0.05, 0) is 118 Å². The van der Waals surface area contributed by atoms with E-state index in [1.54, 1.807) is 0 Å². The van der Waals surface area contributed by atoms with Crippen molar-refractivity contribution in [2.24, 2.45) is 0 Å². The molecule has 0 unspecified atom stereocenters. The van der Waals surface area contributed by atoms with Crippen LogP contribution in [0.2, 0.25) is 0 Å². The highest BCUT2D eigenvalue weighted by Crippen LogP contribution is 2.49. The molecule has 1 nitrogen and oxygen atoms in total. The van der Waals surface area contributed by atoms with Gasteiger partial charge < -0.3 is 4.42 Å². The van der Waals surface area contributed by atoms with Crippen LogP contribution in [-0.2, 0) is 0 Å². The van der Waals surface area contributed by atoms with Gasteiger partial charge in [-0.2, -0.15) is 0 Å². The number of rotatable bonds is 3. The molecule has 0 saturated carbocycles. The minimum Gasteiger partial charge on any atom is -0.456 e. The van der Waals surface area contributed by atoms with Crippen molar-refractivity contribution in [3.8, 4) is 33.4 Å². The van der Waals surface area contributed by atoms with Crippen LogP contribution >= 0.6 is 0 Å². The second-order valence-corrected chi connectivity index (χ2v) is 13.0. The lowest BCUT2D eigenvalue weighted by Gasteiger charge is -2.21. The third-order valence-corrected chi connectivity index (χ3v) is 10.2. The number of benzene rings is 10. The molecule has 11 rings (SSSR count). The standard InChI is InChI=1S/C50H30O/c1-2-14-33-28-36(25-24-31(33)12-1)47-38-18-7-9-20-40(38)48(41-21-10-8-19-39(41)47)44-30-35-16-4-3-15-34(35)29-43(44)42-22-11-23-45-50(42)49-37-17-6-5-13-32(37)26-27-46(49)51-45/h1-30H/i7D,8D,9D,10D,18D,19D,20D,21D. The predicted octanol–water partition coefficient (Wildman–Crippen LogP) is 14.4. The van der Waals surface area contributed by atoms with E-state index in [2.05, 4.69) is 18.2 Å². The molecule has 0 aliphatic heterocycles. The highest BCUT2D eigenvalue weighted by atomic mass is 16.3. The zero-order valence-corrected chi connectivity index (χ0v) is 27.1. The van der Waals surface area contributed by atoms with E-state index in [1.807, 2.05) is 115 Å². The van der Waals surface area contributed by atoms with Gasteiger partial charge in [0, 0.05) is 10.8 Å². The van der Waals surface area contributed by atoms with Crippen molar-refractivity contribution >= 4 is 75.8 Å². The van der Waals surface area contributed by atoms with Gasteiger partial charge in [0.05, 0.1) is 11.0 Å². The molecule has 0 spiro atoms. The summed E-state index contributed by atoms with van der Waals surface area (Å²) in [5, 5.41) is 8.15. The third kappa shape index (κ3) is 4.22. The van der Waals surface area contributed by atoms with Crippen LogP contribution in [0, 0.1) is 0 Å². The summed E-state index contributed by atoms with van der Waals surface area (Å²) in [5.41, 5.74) is 4.65.